The van der Waals surface area contributed by atoms with E-state index in [1.54, 1.807) is 55.5 Å². The van der Waals surface area contributed by atoms with E-state index in [4.69, 9.17) is 9.15 Å². The first-order valence-corrected chi connectivity index (χ1v) is 8.93. The van der Waals surface area contributed by atoms with Crippen LogP contribution < -0.4 is 4.74 Å². The fraction of sp³-hybridized carbons (Fsp3) is 0.286. The Labute approximate surface area is 160 Å². The van der Waals surface area contributed by atoms with Crippen molar-refractivity contribution in [1.29, 1.82) is 0 Å². The minimum absolute atomic E-state index is 0.00802. The summed E-state index contributed by atoms with van der Waals surface area (Å²) in [7, 11) is 0. The van der Waals surface area contributed by atoms with Crippen LogP contribution in [0.15, 0.2) is 59.0 Å². The second-order valence-electron chi connectivity index (χ2n) is 6.35. The Morgan fingerprint density at radius 1 is 1.07 bits per heavy atom. The third-order valence-corrected chi connectivity index (χ3v) is 4.17. The summed E-state index contributed by atoms with van der Waals surface area (Å²) in [5, 5.41) is 0.644. The maximum atomic E-state index is 12.9. The molecule has 0 radical (unpaired) electrons. The number of fused-ring (bicyclic) bond motifs is 1. The normalized spacial score (nSPS) is 11.6. The highest BCUT2D eigenvalue weighted by Gasteiger charge is 2.35. The average Bonchev–Trinajstić information content (AvgIpc) is 3.04. The van der Waals surface area contributed by atoms with E-state index in [0.717, 1.165) is 4.90 Å². The minimum atomic E-state index is -4.49. The van der Waals surface area contributed by atoms with Crippen molar-refractivity contribution in [2.75, 3.05) is 13.1 Å². The topological polar surface area (TPSA) is 42.7 Å². The summed E-state index contributed by atoms with van der Waals surface area (Å²) >= 11 is 0. The molecule has 1 heterocycles. The van der Waals surface area contributed by atoms with Crippen molar-refractivity contribution in [3.8, 4) is 5.75 Å². The van der Waals surface area contributed by atoms with E-state index in [2.05, 4.69) is 0 Å². The molecular weight excluding hydrogens is 371 g/mol. The Bertz CT molecular complexity index is 935. The molecule has 0 atom stereocenters. The summed E-state index contributed by atoms with van der Waals surface area (Å²) in [6, 6.07) is 15.9. The molecule has 0 spiro atoms. The first kappa shape index (κ1) is 19.8. The van der Waals surface area contributed by atoms with Crippen molar-refractivity contribution in [2.24, 2.45) is 0 Å². The second kappa shape index (κ2) is 8.37. The Balaban J connectivity index is 1.95. The van der Waals surface area contributed by atoms with Gasteiger partial charge in [0, 0.05) is 17.5 Å². The van der Waals surface area contributed by atoms with E-state index >= 15 is 0 Å². The number of rotatable bonds is 7. The van der Waals surface area contributed by atoms with Gasteiger partial charge in [0.15, 0.2) is 5.76 Å². The first-order valence-electron chi connectivity index (χ1n) is 8.93. The second-order valence-corrected chi connectivity index (χ2v) is 6.35. The van der Waals surface area contributed by atoms with Crippen molar-refractivity contribution < 1.29 is 27.1 Å². The lowest BCUT2D eigenvalue weighted by molar-refractivity contribution is -0.140. The summed E-state index contributed by atoms with van der Waals surface area (Å²) in [5.74, 6) is -0.316. The predicted molar refractivity (Wildman–Crippen MR) is 99.2 cm³/mol. The van der Waals surface area contributed by atoms with Crippen molar-refractivity contribution in [3.05, 3.63) is 65.9 Å². The number of para-hydroxylation sites is 2. The zero-order chi connectivity index (χ0) is 20.1. The van der Waals surface area contributed by atoms with Gasteiger partial charge in [0.25, 0.3) is 5.91 Å². The number of furan rings is 1. The molecule has 0 aliphatic rings. The standard InChI is InChI=1S/C21H20F3NO3/c1-2-12-25(14-21(22,23)24)20(26)19-17(13-27-15-8-4-3-5-9-15)16-10-6-7-11-18(16)28-19/h3-11H,2,12-14H2,1H3. The molecule has 0 N–H and O–H groups in total. The summed E-state index contributed by atoms with van der Waals surface area (Å²) in [5.41, 5.74) is 0.869. The van der Waals surface area contributed by atoms with Crippen molar-refractivity contribution in [2.45, 2.75) is 26.1 Å². The smallest absolute Gasteiger partial charge is 0.406 e. The Hall–Kier alpha value is -2.96. The molecule has 4 nitrogen and oxygen atoms in total. The summed E-state index contributed by atoms with van der Waals surface area (Å²) in [6.07, 6.45) is -4.09. The van der Waals surface area contributed by atoms with E-state index < -0.39 is 18.6 Å². The number of carbonyl (C=O) groups is 1. The molecule has 1 aromatic heterocycles. The molecule has 148 valence electrons. The van der Waals surface area contributed by atoms with Crippen LogP contribution in [0.4, 0.5) is 13.2 Å². The van der Waals surface area contributed by atoms with Crippen LogP contribution in [0.2, 0.25) is 0 Å². The lowest BCUT2D eigenvalue weighted by Crippen LogP contribution is -2.39. The first-order chi connectivity index (χ1) is 13.4. The fourth-order valence-corrected chi connectivity index (χ4v) is 2.97. The zero-order valence-electron chi connectivity index (χ0n) is 15.3. The molecule has 2 aromatic carbocycles. The maximum absolute atomic E-state index is 12.9. The highest BCUT2D eigenvalue weighted by atomic mass is 19.4. The van der Waals surface area contributed by atoms with Gasteiger partial charge in [0.05, 0.1) is 0 Å². The lowest BCUT2D eigenvalue weighted by atomic mass is 10.1. The molecule has 1 amide bonds. The van der Waals surface area contributed by atoms with Crippen LogP contribution in [0.25, 0.3) is 11.0 Å². The van der Waals surface area contributed by atoms with Crippen molar-refractivity contribution in [3.63, 3.8) is 0 Å². The third kappa shape index (κ3) is 4.65. The van der Waals surface area contributed by atoms with Crippen LogP contribution in [-0.4, -0.2) is 30.1 Å². The Morgan fingerprint density at radius 2 is 1.75 bits per heavy atom. The largest absolute Gasteiger partial charge is 0.489 e. The molecule has 3 aromatic rings. The van der Waals surface area contributed by atoms with Gasteiger partial charge in [-0.2, -0.15) is 13.2 Å². The summed E-state index contributed by atoms with van der Waals surface area (Å²) in [4.78, 5) is 13.7. The zero-order valence-corrected chi connectivity index (χ0v) is 15.3. The summed E-state index contributed by atoms with van der Waals surface area (Å²) in [6.45, 7) is 0.382. The van der Waals surface area contributed by atoms with Crippen LogP contribution in [-0.2, 0) is 6.61 Å². The van der Waals surface area contributed by atoms with Crippen LogP contribution in [0.1, 0.15) is 29.5 Å². The van der Waals surface area contributed by atoms with Crippen molar-refractivity contribution in [1.82, 2.24) is 4.90 Å². The number of benzene rings is 2. The minimum Gasteiger partial charge on any atom is -0.489 e. The molecule has 0 unspecified atom stereocenters. The molecule has 0 saturated heterocycles. The van der Waals surface area contributed by atoms with Gasteiger partial charge in [0.1, 0.15) is 24.5 Å². The SMILES string of the molecule is CCCN(CC(F)(F)F)C(=O)c1oc2ccccc2c1COc1ccccc1. The number of carbonyl (C=O) groups excluding carboxylic acids is 1. The van der Waals surface area contributed by atoms with Gasteiger partial charge in [-0.05, 0) is 24.6 Å². The van der Waals surface area contributed by atoms with E-state index in [-0.39, 0.29) is 18.9 Å². The van der Waals surface area contributed by atoms with Gasteiger partial charge in [0.2, 0.25) is 0 Å². The van der Waals surface area contributed by atoms with E-state index in [0.29, 0.717) is 28.7 Å². The number of halogens is 3. The van der Waals surface area contributed by atoms with Crippen LogP contribution in [0.5, 0.6) is 5.75 Å². The van der Waals surface area contributed by atoms with Crippen LogP contribution in [0, 0.1) is 0 Å². The van der Waals surface area contributed by atoms with E-state index in [1.807, 2.05) is 6.07 Å². The van der Waals surface area contributed by atoms with Gasteiger partial charge < -0.3 is 14.1 Å². The molecule has 28 heavy (non-hydrogen) atoms. The van der Waals surface area contributed by atoms with Crippen molar-refractivity contribution >= 4 is 16.9 Å². The van der Waals surface area contributed by atoms with Gasteiger partial charge in [-0.3, -0.25) is 4.79 Å². The maximum Gasteiger partial charge on any atom is 0.406 e. The molecule has 0 fully saturated rings. The molecule has 0 bridgehead atoms. The lowest BCUT2D eigenvalue weighted by Gasteiger charge is -2.22. The fourth-order valence-electron chi connectivity index (χ4n) is 2.97. The predicted octanol–water partition coefficient (Wildman–Crippen LogP) is 5.43. The number of amides is 1. The molecule has 7 heteroatoms. The number of ether oxygens (including phenoxy) is 1. The number of alkyl halides is 3. The Kier molecular flexibility index (Phi) is 5.92. The monoisotopic (exact) mass is 391 g/mol. The molecular formula is C21H20F3NO3. The number of nitrogens with zero attached hydrogens (tertiary/aromatic N) is 1. The highest BCUT2D eigenvalue weighted by molar-refractivity contribution is 5.99. The molecule has 0 aliphatic carbocycles. The Morgan fingerprint density at radius 3 is 2.43 bits per heavy atom. The number of hydrogen-bond acceptors (Lipinski definition) is 3. The molecule has 3 rings (SSSR count). The summed E-state index contributed by atoms with van der Waals surface area (Å²) < 4.78 is 50.2. The van der Waals surface area contributed by atoms with Gasteiger partial charge in [-0.1, -0.05) is 43.3 Å². The van der Waals surface area contributed by atoms with Gasteiger partial charge >= 0.3 is 6.18 Å². The van der Waals surface area contributed by atoms with Crippen LogP contribution >= 0.6 is 0 Å². The van der Waals surface area contributed by atoms with Gasteiger partial charge in [-0.15, -0.1) is 0 Å². The van der Waals surface area contributed by atoms with Crippen LogP contribution in [0.3, 0.4) is 0 Å². The molecule has 0 saturated carbocycles. The highest BCUT2D eigenvalue weighted by Crippen LogP contribution is 2.29. The average molecular weight is 391 g/mol. The third-order valence-electron chi connectivity index (χ3n) is 4.17. The molecule has 0 aliphatic heterocycles. The van der Waals surface area contributed by atoms with E-state index in [1.165, 1.54) is 0 Å². The van der Waals surface area contributed by atoms with Gasteiger partial charge in [-0.25, -0.2) is 0 Å². The van der Waals surface area contributed by atoms with E-state index in [9.17, 15) is 18.0 Å². The number of hydrogen-bond donors (Lipinski definition) is 0. The quantitative estimate of drug-likeness (QED) is 0.540.